The number of hydrogen-bond donors (Lipinski definition) is 0. The van der Waals surface area contributed by atoms with E-state index in [0.29, 0.717) is 20.5 Å². The molecule has 3 aromatic rings. The molecule has 0 bridgehead atoms. The van der Waals surface area contributed by atoms with Crippen LogP contribution in [-0.2, 0) is 16.1 Å². The van der Waals surface area contributed by atoms with E-state index < -0.39 is 0 Å². The average molecular weight is 441 g/mol. The highest BCUT2D eigenvalue weighted by atomic mass is 35.5. The molecule has 29 heavy (non-hydrogen) atoms. The lowest BCUT2D eigenvalue weighted by molar-refractivity contribution is -0.137. The van der Waals surface area contributed by atoms with E-state index in [2.05, 4.69) is 4.98 Å². The van der Waals surface area contributed by atoms with E-state index >= 15 is 0 Å². The van der Waals surface area contributed by atoms with Gasteiger partial charge < -0.3 is 0 Å². The van der Waals surface area contributed by atoms with Crippen LogP contribution in [0.4, 0.5) is 0 Å². The second-order valence-electron chi connectivity index (χ2n) is 6.30. The zero-order chi connectivity index (χ0) is 20.4. The minimum Gasteiger partial charge on any atom is -0.269 e. The molecule has 0 N–H and O–H groups in total. The maximum Gasteiger partial charge on any atom is 0.268 e. The fraction of sp³-hybridized carbons (Fsp3) is 0.0455. The number of hydrogen-bond acceptors (Lipinski definition) is 4. The van der Waals surface area contributed by atoms with Crippen LogP contribution in [0, 0.1) is 0 Å². The molecular weight excluding hydrogens is 427 g/mol. The standard InChI is InChI=1S/C22H14Cl2N2O2S/c23-15-8-9-17(18(24)11-15)19-20(29-16-6-2-1-3-7-16)22(28)26(21(19)27)13-14-5-4-10-25-12-14/h1-12H,13H2. The monoisotopic (exact) mass is 440 g/mol. The van der Waals surface area contributed by atoms with E-state index in [0.717, 1.165) is 10.5 Å². The van der Waals surface area contributed by atoms with Crippen molar-refractivity contribution < 1.29 is 9.59 Å². The first-order chi connectivity index (χ1) is 14.0. The number of carbonyl (C=O) groups is 2. The van der Waals surface area contributed by atoms with Crippen LogP contribution in [0.1, 0.15) is 11.1 Å². The highest BCUT2D eigenvalue weighted by molar-refractivity contribution is 8.04. The topological polar surface area (TPSA) is 50.3 Å². The van der Waals surface area contributed by atoms with Crippen LogP contribution in [0.25, 0.3) is 5.57 Å². The maximum absolute atomic E-state index is 13.3. The van der Waals surface area contributed by atoms with Crippen molar-refractivity contribution in [3.8, 4) is 0 Å². The van der Waals surface area contributed by atoms with Gasteiger partial charge in [-0.15, -0.1) is 0 Å². The van der Waals surface area contributed by atoms with Crippen molar-refractivity contribution in [1.82, 2.24) is 9.88 Å². The number of amides is 2. The Bertz CT molecular complexity index is 1120. The van der Waals surface area contributed by atoms with Gasteiger partial charge in [0.15, 0.2) is 0 Å². The third-order valence-electron chi connectivity index (χ3n) is 4.35. The summed E-state index contributed by atoms with van der Waals surface area (Å²) in [6.45, 7) is 0.138. The predicted octanol–water partition coefficient (Wildman–Crippen LogP) is 5.46. The lowest BCUT2D eigenvalue weighted by Crippen LogP contribution is -2.31. The minimum atomic E-state index is -0.387. The Morgan fingerprint density at radius 3 is 2.41 bits per heavy atom. The Morgan fingerprint density at radius 1 is 0.931 bits per heavy atom. The first-order valence-corrected chi connectivity index (χ1v) is 10.3. The van der Waals surface area contributed by atoms with Crippen LogP contribution in [0.5, 0.6) is 0 Å². The van der Waals surface area contributed by atoms with Crippen molar-refractivity contribution in [2.45, 2.75) is 11.4 Å². The third-order valence-corrected chi connectivity index (χ3v) is 5.99. The molecule has 0 saturated carbocycles. The second kappa shape index (κ2) is 8.41. The Balaban J connectivity index is 1.78. The molecule has 0 saturated heterocycles. The molecule has 4 rings (SSSR count). The van der Waals surface area contributed by atoms with Gasteiger partial charge in [-0.1, -0.05) is 65.3 Å². The molecular formula is C22H14Cl2N2O2S. The van der Waals surface area contributed by atoms with E-state index in [4.69, 9.17) is 23.2 Å². The van der Waals surface area contributed by atoms with E-state index in [-0.39, 0.29) is 23.9 Å². The molecule has 1 aliphatic heterocycles. The van der Waals surface area contributed by atoms with Crippen molar-refractivity contribution in [2.75, 3.05) is 0 Å². The number of thioether (sulfide) groups is 1. The largest absolute Gasteiger partial charge is 0.269 e. The number of aromatic nitrogens is 1. The third kappa shape index (κ3) is 4.08. The molecule has 0 fully saturated rings. The highest BCUT2D eigenvalue weighted by Crippen LogP contribution is 2.42. The zero-order valence-electron chi connectivity index (χ0n) is 15.0. The van der Waals surface area contributed by atoms with Gasteiger partial charge in [0.05, 0.1) is 22.0 Å². The number of halogens is 2. The quantitative estimate of drug-likeness (QED) is 0.494. The molecule has 2 aromatic carbocycles. The van der Waals surface area contributed by atoms with Crippen LogP contribution in [0.2, 0.25) is 10.0 Å². The summed E-state index contributed by atoms with van der Waals surface area (Å²) < 4.78 is 0. The molecule has 0 atom stereocenters. The summed E-state index contributed by atoms with van der Waals surface area (Å²) >= 11 is 13.6. The summed E-state index contributed by atoms with van der Waals surface area (Å²) in [6.07, 6.45) is 3.28. The summed E-state index contributed by atoms with van der Waals surface area (Å²) in [6, 6.07) is 17.9. The molecule has 0 unspecified atom stereocenters. The molecule has 7 heteroatoms. The summed E-state index contributed by atoms with van der Waals surface area (Å²) in [5, 5.41) is 0.781. The summed E-state index contributed by atoms with van der Waals surface area (Å²) in [5.74, 6) is -0.741. The lowest BCUT2D eigenvalue weighted by Gasteiger charge is -2.15. The van der Waals surface area contributed by atoms with Crippen molar-refractivity contribution in [1.29, 1.82) is 0 Å². The molecule has 2 amide bonds. The van der Waals surface area contributed by atoms with Crippen molar-refractivity contribution in [3.05, 3.63) is 99.1 Å². The van der Waals surface area contributed by atoms with Crippen molar-refractivity contribution in [2.24, 2.45) is 0 Å². The molecule has 1 aliphatic rings. The number of imide groups is 1. The number of carbonyl (C=O) groups excluding carboxylic acids is 2. The summed E-state index contributed by atoms with van der Waals surface area (Å²) in [7, 11) is 0. The van der Waals surface area contributed by atoms with E-state index in [9.17, 15) is 9.59 Å². The van der Waals surface area contributed by atoms with Crippen LogP contribution in [0.15, 0.2) is 82.9 Å². The fourth-order valence-corrected chi connectivity index (χ4v) is 4.53. The van der Waals surface area contributed by atoms with Gasteiger partial charge in [-0.3, -0.25) is 19.5 Å². The Morgan fingerprint density at radius 2 is 1.72 bits per heavy atom. The highest BCUT2D eigenvalue weighted by Gasteiger charge is 2.40. The SMILES string of the molecule is O=C1C(Sc2ccccc2)=C(c2ccc(Cl)cc2Cl)C(=O)N1Cc1cccnc1. The van der Waals surface area contributed by atoms with Gasteiger partial charge in [0, 0.05) is 27.9 Å². The molecule has 4 nitrogen and oxygen atoms in total. The fourth-order valence-electron chi connectivity index (χ4n) is 3.00. The van der Waals surface area contributed by atoms with Gasteiger partial charge >= 0.3 is 0 Å². The smallest absolute Gasteiger partial charge is 0.268 e. The van der Waals surface area contributed by atoms with E-state index in [1.807, 2.05) is 36.4 Å². The Labute approximate surface area is 182 Å². The number of nitrogens with zero attached hydrogens (tertiary/aromatic N) is 2. The normalized spacial score (nSPS) is 14.1. The first-order valence-electron chi connectivity index (χ1n) is 8.72. The minimum absolute atomic E-state index is 0.138. The average Bonchev–Trinajstić information content (AvgIpc) is 2.94. The van der Waals surface area contributed by atoms with E-state index in [1.54, 1.807) is 36.7 Å². The van der Waals surface area contributed by atoms with Crippen LogP contribution in [-0.4, -0.2) is 21.7 Å². The number of pyridine rings is 1. The molecule has 0 spiro atoms. The van der Waals surface area contributed by atoms with Gasteiger partial charge in [0.25, 0.3) is 11.8 Å². The summed E-state index contributed by atoms with van der Waals surface area (Å²) in [4.78, 5) is 33.0. The van der Waals surface area contributed by atoms with Crippen molar-refractivity contribution >= 4 is 52.4 Å². The van der Waals surface area contributed by atoms with Gasteiger partial charge in [0.2, 0.25) is 0 Å². The van der Waals surface area contributed by atoms with Gasteiger partial charge in [-0.2, -0.15) is 0 Å². The number of rotatable bonds is 5. The molecule has 2 heterocycles. The van der Waals surface area contributed by atoms with Gasteiger partial charge in [-0.05, 0) is 35.9 Å². The van der Waals surface area contributed by atoms with Crippen molar-refractivity contribution in [3.63, 3.8) is 0 Å². The van der Waals surface area contributed by atoms with Crippen LogP contribution >= 0.6 is 35.0 Å². The maximum atomic E-state index is 13.3. The van der Waals surface area contributed by atoms with Crippen LogP contribution < -0.4 is 0 Å². The summed E-state index contributed by atoms with van der Waals surface area (Å²) in [5.41, 5.74) is 1.54. The van der Waals surface area contributed by atoms with E-state index in [1.165, 1.54) is 16.7 Å². The molecule has 1 aromatic heterocycles. The Hall–Kier alpha value is -2.60. The number of benzene rings is 2. The van der Waals surface area contributed by atoms with Gasteiger partial charge in [0.1, 0.15) is 0 Å². The Kier molecular flexibility index (Phi) is 5.72. The molecule has 0 radical (unpaired) electrons. The zero-order valence-corrected chi connectivity index (χ0v) is 17.3. The predicted molar refractivity (Wildman–Crippen MR) is 115 cm³/mol. The second-order valence-corrected chi connectivity index (χ2v) is 8.23. The van der Waals surface area contributed by atoms with Crippen LogP contribution in [0.3, 0.4) is 0 Å². The molecule has 144 valence electrons. The van der Waals surface area contributed by atoms with Gasteiger partial charge in [-0.25, -0.2) is 0 Å². The first kappa shape index (κ1) is 19.7. The molecule has 0 aliphatic carbocycles. The lowest BCUT2D eigenvalue weighted by atomic mass is 10.1.